The molecule has 1 aromatic heterocycles. The summed E-state index contributed by atoms with van der Waals surface area (Å²) in [5, 5.41) is 13.1. The number of para-hydroxylation sites is 1. The lowest BCUT2D eigenvalue weighted by Crippen LogP contribution is -2.00. The van der Waals surface area contributed by atoms with Crippen LogP contribution in [0.15, 0.2) is 30.3 Å². The van der Waals surface area contributed by atoms with Gasteiger partial charge in [0.25, 0.3) is 0 Å². The Bertz CT molecular complexity index is 911. The van der Waals surface area contributed by atoms with E-state index in [1.807, 2.05) is 18.2 Å². The van der Waals surface area contributed by atoms with E-state index in [-0.39, 0.29) is 17.2 Å². The van der Waals surface area contributed by atoms with Gasteiger partial charge in [0.1, 0.15) is 5.52 Å². The van der Waals surface area contributed by atoms with Crippen LogP contribution in [-0.2, 0) is 0 Å². The Morgan fingerprint density at radius 3 is 2.55 bits per heavy atom. The fourth-order valence-electron chi connectivity index (χ4n) is 2.44. The van der Waals surface area contributed by atoms with Crippen LogP contribution in [0, 0.1) is 10.1 Å². The third kappa shape index (κ3) is 2.00. The van der Waals surface area contributed by atoms with Gasteiger partial charge in [0.15, 0.2) is 0 Å². The lowest BCUT2D eigenvalue weighted by Gasteiger charge is -2.12. The lowest BCUT2D eigenvalue weighted by atomic mass is 10.1. The number of rotatable bonds is 3. The number of halogens is 1. The van der Waals surface area contributed by atoms with Gasteiger partial charge in [-0.2, -0.15) is 0 Å². The van der Waals surface area contributed by atoms with Crippen LogP contribution in [0.1, 0.15) is 0 Å². The molecule has 0 saturated carbocycles. The molecule has 0 spiro atoms. The van der Waals surface area contributed by atoms with Crippen molar-refractivity contribution in [2.24, 2.45) is 0 Å². The summed E-state index contributed by atoms with van der Waals surface area (Å²) in [5.74, 6) is 0.111. The van der Waals surface area contributed by atoms with Gasteiger partial charge in [-0.1, -0.05) is 29.8 Å². The molecule has 3 aromatic rings. The molecule has 3 rings (SSSR count). The van der Waals surface area contributed by atoms with Crippen LogP contribution in [-0.4, -0.2) is 24.1 Å². The number of nitrogens with zero attached hydrogens (tertiary/aromatic N) is 2. The zero-order valence-electron chi connectivity index (χ0n) is 11.8. The second kappa shape index (κ2) is 5.31. The molecule has 0 bridgehead atoms. The van der Waals surface area contributed by atoms with Gasteiger partial charge in [-0.3, -0.25) is 10.1 Å². The average molecular weight is 319 g/mol. The SMILES string of the molecule is COc1cc2c(Cl)c3ccccc3nc2c(OC)c1[N+](=O)[O-]. The third-order valence-electron chi connectivity index (χ3n) is 3.41. The van der Waals surface area contributed by atoms with Crippen LogP contribution in [0.25, 0.3) is 21.8 Å². The topological polar surface area (TPSA) is 74.5 Å². The number of fused-ring (bicyclic) bond motifs is 2. The number of nitro benzene ring substituents is 1. The van der Waals surface area contributed by atoms with Crippen LogP contribution in [0.2, 0.25) is 5.02 Å². The maximum atomic E-state index is 11.3. The fourth-order valence-corrected chi connectivity index (χ4v) is 2.74. The molecular formula is C15H11ClN2O4. The number of aromatic nitrogens is 1. The van der Waals surface area contributed by atoms with Crippen LogP contribution in [0.4, 0.5) is 5.69 Å². The molecule has 0 amide bonds. The van der Waals surface area contributed by atoms with E-state index in [9.17, 15) is 10.1 Å². The summed E-state index contributed by atoms with van der Waals surface area (Å²) in [6, 6.07) is 8.81. The summed E-state index contributed by atoms with van der Waals surface area (Å²) in [6.07, 6.45) is 0. The molecule has 0 aliphatic heterocycles. The molecule has 1 heterocycles. The van der Waals surface area contributed by atoms with E-state index in [0.29, 0.717) is 21.4 Å². The number of benzene rings is 2. The van der Waals surface area contributed by atoms with Gasteiger partial charge in [-0.15, -0.1) is 0 Å². The highest BCUT2D eigenvalue weighted by molar-refractivity contribution is 6.40. The summed E-state index contributed by atoms with van der Waals surface area (Å²) < 4.78 is 10.3. The van der Waals surface area contributed by atoms with Crippen molar-refractivity contribution in [3.8, 4) is 11.5 Å². The molecule has 112 valence electrons. The quantitative estimate of drug-likeness (QED) is 0.415. The summed E-state index contributed by atoms with van der Waals surface area (Å²) in [6.45, 7) is 0. The second-order valence-corrected chi connectivity index (χ2v) is 4.93. The van der Waals surface area contributed by atoms with Crippen molar-refractivity contribution >= 4 is 39.1 Å². The standard InChI is InChI=1S/C15H11ClN2O4/c1-21-11-7-9-12(16)8-5-3-4-6-10(8)17-13(9)15(22-2)14(11)18(19)20/h3-7H,1-2H3. The summed E-state index contributed by atoms with van der Waals surface area (Å²) in [4.78, 5) is 15.2. The number of ether oxygens (including phenoxy) is 2. The first-order chi connectivity index (χ1) is 10.6. The molecule has 0 atom stereocenters. The van der Waals surface area contributed by atoms with Crippen molar-refractivity contribution in [3.05, 3.63) is 45.5 Å². The molecule has 22 heavy (non-hydrogen) atoms. The van der Waals surface area contributed by atoms with Gasteiger partial charge in [0.05, 0.1) is 29.7 Å². The molecule has 7 heteroatoms. The molecule has 0 aliphatic carbocycles. The number of hydrogen-bond donors (Lipinski definition) is 0. The van der Waals surface area contributed by atoms with Crippen LogP contribution < -0.4 is 9.47 Å². The van der Waals surface area contributed by atoms with Crippen molar-refractivity contribution in [1.82, 2.24) is 4.98 Å². The van der Waals surface area contributed by atoms with E-state index < -0.39 is 4.92 Å². The van der Waals surface area contributed by atoms with Gasteiger partial charge in [-0.25, -0.2) is 4.98 Å². The minimum Gasteiger partial charge on any atom is -0.490 e. The predicted octanol–water partition coefficient (Wildman–Crippen LogP) is 3.97. The highest BCUT2D eigenvalue weighted by atomic mass is 35.5. The number of methoxy groups -OCH3 is 2. The zero-order valence-corrected chi connectivity index (χ0v) is 12.5. The molecule has 2 aromatic carbocycles. The average Bonchev–Trinajstić information content (AvgIpc) is 2.53. The normalized spacial score (nSPS) is 10.9. The minimum atomic E-state index is -0.554. The van der Waals surface area contributed by atoms with Crippen molar-refractivity contribution in [3.63, 3.8) is 0 Å². The van der Waals surface area contributed by atoms with E-state index in [1.54, 1.807) is 6.07 Å². The molecule has 0 unspecified atom stereocenters. The van der Waals surface area contributed by atoms with Crippen molar-refractivity contribution in [2.45, 2.75) is 0 Å². The Labute approximate surface area is 130 Å². The maximum Gasteiger partial charge on any atom is 0.354 e. The summed E-state index contributed by atoms with van der Waals surface area (Å²) in [7, 11) is 2.71. The molecule has 6 nitrogen and oxygen atoms in total. The lowest BCUT2D eigenvalue weighted by molar-refractivity contribution is -0.386. The number of nitro groups is 1. The van der Waals surface area contributed by atoms with Gasteiger partial charge >= 0.3 is 5.69 Å². The zero-order chi connectivity index (χ0) is 15.9. The first-order valence-corrected chi connectivity index (χ1v) is 6.73. The Morgan fingerprint density at radius 1 is 1.18 bits per heavy atom. The summed E-state index contributed by atoms with van der Waals surface area (Å²) >= 11 is 6.44. The van der Waals surface area contributed by atoms with E-state index in [2.05, 4.69) is 4.98 Å². The first-order valence-electron chi connectivity index (χ1n) is 6.35. The third-order valence-corrected chi connectivity index (χ3v) is 3.82. The van der Waals surface area contributed by atoms with Crippen LogP contribution in [0.5, 0.6) is 11.5 Å². The highest BCUT2D eigenvalue weighted by Gasteiger charge is 2.27. The Balaban J connectivity index is 2.56. The second-order valence-electron chi connectivity index (χ2n) is 4.56. The molecule has 0 saturated heterocycles. The number of pyridine rings is 1. The Morgan fingerprint density at radius 2 is 1.91 bits per heavy atom. The molecule has 0 radical (unpaired) electrons. The van der Waals surface area contributed by atoms with Crippen LogP contribution >= 0.6 is 11.6 Å². The van der Waals surface area contributed by atoms with Crippen molar-refractivity contribution in [2.75, 3.05) is 14.2 Å². The van der Waals surface area contributed by atoms with Gasteiger partial charge in [-0.05, 0) is 12.1 Å². The van der Waals surface area contributed by atoms with Gasteiger partial charge in [0.2, 0.25) is 11.5 Å². The maximum absolute atomic E-state index is 11.3. The Hall–Kier alpha value is -2.60. The van der Waals surface area contributed by atoms with E-state index in [1.165, 1.54) is 20.3 Å². The monoisotopic (exact) mass is 318 g/mol. The molecule has 0 N–H and O–H groups in total. The van der Waals surface area contributed by atoms with Crippen molar-refractivity contribution in [1.29, 1.82) is 0 Å². The largest absolute Gasteiger partial charge is 0.490 e. The first kappa shape index (κ1) is 14.3. The van der Waals surface area contributed by atoms with E-state index in [4.69, 9.17) is 21.1 Å². The highest BCUT2D eigenvalue weighted by Crippen LogP contribution is 2.45. The van der Waals surface area contributed by atoms with E-state index in [0.717, 1.165) is 5.39 Å². The van der Waals surface area contributed by atoms with Gasteiger partial charge < -0.3 is 9.47 Å². The van der Waals surface area contributed by atoms with E-state index >= 15 is 0 Å². The smallest absolute Gasteiger partial charge is 0.354 e. The Kier molecular flexibility index (Phi) is 3.46. The summed E-state index contributed by atoms with van der Waals surface area (Å²) in [5.41, 5.74) is 0.702. The number of hydrogen-bond acceptors (Lipinski definition) is 5. The minimum absolute atomic E-state index is 0.0343. The molecule has 0 fully saturated rings. The fraction of sp³-hybridized carbons (Fsp3) is 0.133. The molecular weight excluding hydrogens is 308 g/mol. The van der Waals surface area contributed by atoms with Crippen LogP contribution in [0.3, 0.4) is 0 Å². The predicted molar refractivity (Wildman–Crippen MR) is 84.0 cm³/mol. The van der Waals surface area contributed by atoms with Gasteiger partial charge in [0, 0.05) is 10.8 Å². The molecule has 0 aliphatic rings. The van der Waals surface area contributed by atoms with Crippen molar-refractivity contribution < 1.29 is 14.4 Å².